The summed E-state index contributed by atoms with van der Waals surface area (Å²) in [4.78, 5) is 37.3. The number of aromatic nitrogens is 2. The molecule has 0 saturated heterocycles. The summed E-state index contributed by atoms with van der Waals surface area (Å²) in [5, 5.41) is 0.934. The molecule has 1 aliphatic rings. The third kappa shape index (κ3) is 2.84. The average molecular weight is 359 g/mol. The van der Waals surface area contributed by atoms with Crippen molar-refractivity contribution in [2.75, 3.05) is 19.6 Å². The van der Waals surface area contributed by atoms with Crippen molar-refractivity contribution < 1.29 is 9.59 Å². The summed E-state index contributed by atoms with van der Waals surface area (Å²) < 4.78 is 0. The van der Waals surface area contributed by atoms with Crippen molar-refractivity contribution in [1.29, 1.82) is 0 Å². The molecule has 3 aromatic rings. The SMILES string of the molecule is CCN(CC)CCc1c2c(nc3ccccc13)C(=O)c1cccnc1C2=O. The van der Waals surface area contributed by atoms with Crippen LogP contribution in [0.5, 0.6) is 0 Å². The summed E-state index contributed by atoms with van der Waals surface area (Å²) in [5.41, 5.74) is 2.91. The first-order valence-corrected chi connectivity index (χ1v) is 9.34. The van der Waals surface area contributed by atoms with E-state index >= 15 is 0 Å². The number of carbonyl (C=O) groups excluding carboxylic acids is 2. The molecule has 1 aromatic carbocycles. The Bertz CT molecular complexity index is 1050. The van der Waals surface area contributed by atoms with E-state index in [1.807, 2.05) is 24.3 Å². The molecule has 0 fully saturated rings. The Morgan fingerprint density at radius 1 is 0.926 bits per heavy atom. The molecule has 4 rings (SSSR count). The van der Waals surface area contributed by atoms with Gasteiger partial charge in [-0.25, -0.2) is 4.98 Å². The van der Waals surface area contributed by atoms with Crippen molar-refractivity contribution in [2.45, 2.75) is 20.3 Å². The Morgan fingerprint density at radius 3 is 2.48 bits per heavy atom. The van der Waals surface area contributed by atoms with Gasteiger partial charge in [-0.1, -0.05) is 32.0 Å². The zero-order valence-corrected chi connectivity index (χ0v) is 15.5. The van der Waals surface area contributed by atoms with Gasteiger partial charge in [-0.15, -0.1) is 0 Å². The van der Waals surface area contributed by atoms with Crippen LogP contribution in [0.25, 0.3) is 10.9 Å². The fourth-order valence-corrected chi connectivity index (χ4v) is 3.77. The molecule has 0 bridgehead atoms. The highest BCUT2D eigenvalue weighted by molar-refractivity contribution is 6.28. The van der Waals surface area contributed by atoms with Crippen LogP contribution in [-0.2, 0) is 6.42 Å². The van der Waals surface area contributed by atoms with Crippen molar-refractivity contribution in [3.8, 4) is 0 Å². The molecule has 0 spiro atoms. The lowest BCUT2D eigenvalue weighted by Gasteiger charge is -2.23. The van der Waals surface area contributed by atoms with Gasteiger partial charge in [0, 0.05) is 18.1 Å². The maximum absolute atomic E-state index is 13.2. The molecule has 0 radical (unpaired) electrons. The lowest BCUT2D eigenvalue weighted by atomic mass is 9.85. The highest BCUT2D eigenvalue weighted by Gasteiger charge is 2.34. The average Bonchev–Trinajstić information content (AvgIpc) is 2.72. The van der Waals surface area contributed by atoms with E-state index in [0.29, 0.717) is 17.5 Å². The number of hydrogen-bond acceptors (Lipinski definition) is 5. The molecular weight excluding hydrogens is 338 g/mol. The first-order chi connectivity index (χ1) is 13.2. The van der Waals surface area contributed by atoms with Crippen molar-refractivity contribution >= 4 is 22.5 Å². The van der Waals surface area contributed by atoms with Gasteiger partial charge in [0.2, 0.25) is 11.6 Å². The number of rotatable bonds is 5. The molecule has 0 atom stereocenters. The van der Waals surface area contributed by atoms with Crippen LogP contribution >= 0.6 is 0 Å². The van der Waals surface area contributed by atoms with Crippen LogP contribution < -0.4 is 0 Å². The van der Waals surface area contributed by atoms with Gasteiger partial charge in [0.15, 0.2) is 0 Å². The molecule has 136 valence electrons. The van der Waals surface area contributed by atoms with Crippen LogP contribution in [0, 0.1) is 0 Å². The maximum atomic E-state index is 13.2. The normalized spacial score (nSPS) is 13.1. The van der Waals surface area contributed by atoms with Crippen molar-refractivity contribution in [3.63, 3.8) is 0 Å². The lowest BCUT2D eigenvalue weighted by molar-refractivity contribution is 0.0971. The standard InChI is InChI=1S/C22H21N3O2/c1-3-25(4-2)13-11-15-14-8-5-6-10-17(14)24-20-18(15)22(27)19-16(21(20)26)9-7-12-23-19/h5-10,12H,3-4,11,13H2,1-2H3. The highest BCUT2D eigenvalue weighted by Crippen LogP contribution is 2.32. The molecule has 0 N–H and O–H groups in total. The fourth-order valence-electron chi connectivity index (χ4n) is 3.77. The van der Waals surface area contributed by atoms with Gasteiger partial charge in [0.25, 0.3) is 0 Å². The molecule has 5 heteroatoms. The quantitative estimate of drug-likeness (QED) is 0.547. The molecule has 1 aliphatic carbocycles. The number of carbonyl (C=O) groups is 2. The van der Waals surface area contributed by atoms with Gasteiger partial charge in [-0.2, -0.15) is 0 Å². The number of para-hydroxylation sites is 1. The van der Waals surface area contributed by atoms with E-state index < -0.39 is 0 Å². The Morgan fingerprint density at radius 2 is 1.70 bits per heavy atom. The molecular formula is C22H21N3O2. The highest BCUT2D eigenvalue weighted by atomic mass is 16.1. The fraction of sp³-hybridized carbons (Fsp3) is 0.273. The van der Waals surface area contributed by atoms with Crippen molar-refractivity contribution in [2.24, 2.45) is 0 Å². The van der Waals surface area contributed by atoms with Gasteiger partial charge in [0.1, 0.15) is 11.4 Å². The third-order valence-corrected chi connectivity index (χ3v) is 5.28. The van der Waals surface area contributed by atoms with Crippen molar-refractivity contribution in [3.05, 3.63) is 70.7 Å². The van der Waals surface area contributed by atoms with E-state index in [9.17, 15) is 9.59 Å². The predicted octanol–water partition coefficient (Wildman–Crippen LogP) is 3.29. The summed E-state index contributed by atoms with van der Waals surface area (Å²) in [5.74, 6) is -0.421. The van der Waals surface area contributed by atoms with Crippen LogP contribution in [0.4, 0.5) is 0 Å². The second kappa shape index (κ2) is 7.00. The van der Waals surface area contributed by atoms with Crippen LogP contribution in [0.2, 0.25) is 0 Å². The van der Waals surface area contributed by atoms with E-state index in [1.165, 1.54) is 0 Å². The minimum Gasteiger partial charge on any atom is -0.304 e. The monoisotopic (exact) mass is 359 g/mol. The zero-order valence-electron chi connectivity index (χ0n) is 15.5. The Labute approximate surface area is 158 Å². The molecule has 0 amide bonds. The number of pyridine rings is 2. The topological polar surface area (TPSA) is 63.2 Å². The number of hydrogen-bond donors (Lipinski definition) is 0. The second-order valence-electron chi connectivity index (χ2n) is 6.67. The van der Waals surface area contributed by atoms with E-state index in [-0.39, 0.29) is 23.0 Å². The smallest absolute Gasteiger partial charge is 0.214 e. The maximum Gasteiger partial charge on any atom is 0.214 e. The predicted molar refractivity (Wildman–Crippen MR) is 104 cm³/mol. The van der Waals surface area contributed by atoms with Gasteiger partial charge in [0.05, 0.1) is 16.6 Å². The third-order valence-electron chi connectivity index (χ3n) is 5.28. The first kappa shape index (κ1) is 17.5. The minimum atomic E-state index is -0.220. The summed E-state index contributed by atoms with van der Waals surface area (Å²) >= 11 is 0. The van der Waals surface area contributed by atoms with Gasteiger partial charge < -0.3 is 4.90 Å². The van der Waals surface area contributed by atoms with Gasteiger partial charge >= 0.3 is 0 Å². The summed E-state index contributed by atoms with van der Waals surface area (Å²) in [7, 11) is 0. The Balaban J connectivity index is 1.93. The van der Waals surface area contributed by atoms with Gasteiger partial charge in [-0.05, 0) is 43.3 Å². The van der Waals surface area contributed by atoms with Gasteiger partial charge in [-0.3, -0.25) is 14.6 Å². The number of ketones is 2. The molecule has 0 unspecified atom stereocenters. The van der Waals surface area contributed by atoms with Crippen LogP contribution in [0.1, 0.15) is 51.5 Å². The van der Waals surface area contributed by atoms with Crippen molar-refractivity contribution in [1.82, 2.24) is 14.9 Å². The zero-order chi connectivity index (χ0) is 19.0. The van der Waals surface area contributed by atoms with Crippen LogP contribution in [0.3, 0.4) is 0 Å². The number of fused-ring (bicyclic) bond motifs is 3. The molecule has 0 aliphatic heterocycles. The van der Waals surface area contributed by atoms with Crippen LogP contribution in [0.15, 0.2) is 42.6 Å². The molecule has 5 nitrogen and oxygen atoms in total. The summed E-state index contributed by atoms with van der Waals surface area (Å²) in [6.45, 7) is 6.96. The first-order valence-electron chi connectivity index (χ1n) is 9.34. The number of nitrogens with zero attached hydrogens (tertiary/aromatic N) is 3. The second-order valence-corrected chi connectivity index (χ2v) is 6.67. The Kier molecular flexibility index (Phi) is 4.54. The molecule has 2 aromatic heterocycles. The molecule has 27 heavy (non-hydrogen) atoms. The lowest BCUT2D eigenvalue weighted by Crippen LogP contribution is -2.28. The van der Waals surface area contributed by atoms with E-state index in [0.717, 1.165) is 36.1 Å². The summed E-state index contributed by atoms with van der Waals surface area (Å²) in [6.07, 6.45) is 2.24. The molecule has 2 heterocycles. The van der Waals surface area contributed by atoms with Crippen LogP contribution in [-0.4, -0.2) is 46.1 Å². The van der Waals surface area contributed by atoms with E-state index in [1.54, 1.807) is 18.3 Å². The summed E-state index contributed by atoms with van der Waals surface area (Å²) in [6, 6.07) is 11.0. The largest absolute Gasteiger partial charge is 0.304 e. The number of likely N-dealkylation sites (N-methyl/N-ethyl adjacent to an activating group) is 1. The number of benzene rings is 1. The molecule has 0 saturated carbocycles. The van der Waals surface area contributed by atoms with E-state index in [2.05, 4.69) is 28.7 Å². The van der Waals surface area contributed by atoms with E-state index in [4.69, 9.17) is 0 Å². The minimum absolute atomic E-state index is 0.201. The Hall–Kier alpha value is -2.92.